The van der Waals surface area contributed by atoms with Crippen molar-refractivity contribution in [3.63, 3.8) is 0 Å². The lowest BCUT2D eigenvalue weighted by Gasteiger charge is -2.27. The van der Waals surface area contributed by atoms with E-state index in [1.54, 1.807) is 4.90 Å². The third-order valence-electron chi connectivity index (χ3n) is 5.83. The van der Waals surface area contributed by atoms with Crippen molar-refractivity contribution in [1.82, 2.24) is 10.2 Å². The van der Waals surface area contributed by atoms with Crippen LogP contribution in [0.2, 0.25) is 0 Å². The first-order valence-electron chi connectivity index (χ1n) is 11.2. The Kier molecular flexibility index (Phi) is 9.49. The summed E-state index contributed by atoms with van der Waals surface area (Å²) in [7, 11) is 0. The summed E-state index contributed by atoms with van der Waals surface area (Å²) >= 11 is 0. The van der Waals surface area contributed by atoms with Crippen LogP contribution in [0.1, 0.15) is 51.0 Å². The van der Waals surface area contributed by atoms with Gasteiger partial charge in [0.05, 0.1) is 17.9 Å². The SMILES string of the molecule is CCCC(CC(=O)NC[C@@]1(CC(=O)O)CCN(CCCc2ccccc2)C1=O)N=C(N)N. The molecule has 9 heteroatoms. The fourth-order valence-electron chi connectivity index (χ4n) is 4.22. The molecular weight excluding hydrogens is 410 g/mol. The van der Waals surface area contributed by atoms with E-state index >= 15 is 0 Å². The first-order valence-corrected chi connectivity index (χ1v) is 11.2. The maximum Gasteiger partial charge on any atom is 0.304 e. The lowest BCUT2D eigenvalue weighted by molar-refractivity contribution is -0.147. The first-order chi connectivity index (χ1) is 15.3. The summed E-state index contributed by atoms with van der Waals surface area (Å²) in [4.78, 5) is 42.9. The average molecular weight is 446 g/mol. The molecule has 0 aliphatic carbocycles. The molecule has 1 heterocycles. The number of hydrogen-bond acceptors (Lipinski definition) is 4. The highest BCUT2D eigenvalue weighted by molar-refractivity contribution is 5.90. The minimum Gasteiger partial charge on any atom is -0.481 e. The van der Waals surface area contributed by atoms with Crippen molar-refractivity contribution in [2.75, 3.05) is 19.6 Å². The highest BCUT2D eigenvalue weighted by Crippen LogP contribution is 2.35. The van der Waals surface area contributed by atoms with Crippen molar-refractivity contribution in [2.45, 2.75) is 57.9 Å². The van der Waals surface area contributed by atoms with E-state index in [1.807, 2.05) is 37.3 Å². The van der Waals surface area contributed by atoms with Gasteiger partial charge < -0.3 is 26.8 Å². The van der Waals surface area contributed by atoms with E-state index in [0.717, 1.165) is 19.3 Å². The minimum atomic E-state index is -1.12. The van der Waals surface area contributed by atoms with Crippen molar-refractivity contribution in [3.05, 3.63) is 35.9 Å². The maximum absolute atomic E-state index is 13.1. The third kappa shape index (κ3) is 7.55. The average Bonchev–Trinajstić information content (AvgIpc) is 3.02. The predicted octanol–water partition coefficient (Wildman–Crippen LogP) is 1.26. The molecule has 2 atom stereocenters. The molecular formula is C23H35N5O4. The fraction of sp³-hybridized carbons (Fsp3) is 0.565. The van der Waals surface area contributed by atoms with Crippen LogP contribution in [0.3, 0.4) is 0 Å². The van der Waals surface area contributed by atoms with E-state index < -0.39 is 11.4 Å². The number of amides is 2. The number of rotatable bonds is 13. The van der Waals surface area contributed by atoms with Gasteiger partial charge in [-0.25, -0.2) is 4.99 Å². The van der Waals surface area contributed by atoms with Crippen LogP contribution < -0.4 is 16.8 Å². The summed E-state index contributed by atoms with van der Waals surface area (Å²) in [6.45, 7) is 3.01. The lowest BCUT2D eigenvalue weighted by atomic mass is 9.82. The van der Waals surface area contributed by atoms with E-state index in [4.69, 9.17) is 11.5 Å². The van der Waals surface area contributed by atoms with E-state index in [2.05, 4.69) is 10.3 Å². The smallest absolute Gasteiger partial charge is 0.304 e. The number of aryl methyl sites for hydroxylation is 1. The Morgan fingerprint density at radius 2 is 2.00 bits per heavy atom. The molecule has 2 amide bonds. The number of carbonyl (C=O) groups excluding carboxylic acids is 2. The predicted molar refractivity (Wildman–Crippen MR) is 123 cm³/mol. The number of likely N-dealkylation sites (tertiary alicyclic amines) is 1. The molecule has 0 bridgehead atoms. The van der Waals surface area contributed by atoms with Gasteiger partial charge in [-0.05, 0) is 31.2 Å². The quantitative estimate of drug-likeness (QED) is 0.265. The molecule has 6 N–H and O–H groups in total. The molecule has 32 heavy (non-hydrogen) atoms. The van der Waals surface area contributed by atoms with Gasteiger partial charge in [0, 0.05) is 26.1 Å². The number of nitrogens with one attached hydrogen (secondary N) is 1. The van der Waals surface area contributed by atoms with Gasteiger partial charge in [-0.2, -0.15) is 0 Å². The number of nitrogens with zero attached hydrogens (tertiary/aromatic N) is 2. The standard InChI is InChI=1S/C23H35N5O4/c1-2-7-18(27-22(24)25)14-19(29)26-16-23(15-20(30)31)11-13-28(21(23)32)12-6-10-17-8-4-3-5-9-17/h3-5,8-9,18H,2,6-7,10-16H2,1H3,(H,26,29)(H,30,31)(H4,24,25,27)/t18?,23-/m0/s1. The Morgan fingerprint density at radius 1 is 1.28 bits per heavy atom. The minimum absolute atomic E-state index is 0.00712. The van der Waals surface area contributed by atoms with Crippen molar-refractivity contribution in [2.24, 2.45) is 21.9 Å². The number of guanidine groups is 1. The molecule has 1 aliphatic rings. The number of benzene rings is 1. The van der Waals surface area contributed by atoms with E-state index in [9.17, 15) is 19.5 Å². The zero-order valence-corrected chi connectivity index (χ0v) is 18.8. The highest BCUT2D eigenvalue weighted by atomic mass is 16.4. The van der Waals surface area contributed by atoms with Gasteiger partial charge in [0.15, 0.2) is 5.96 Å². The molecule has 176 valence electrons. The van der Waals surface area contributed by atoms with Crippen LogP contribution in [0.25, 0.3) is 0 Å². The number of carbonyl (C=O) groups is 3. The zero-order valence-electron chi connectivity index (χ0n) is 18.8. The molecule has 0 spiro atoms. The normalized spacial score (nSPS) is 18.9. The maximum atomic E-state index is 13.1. The summed E-state index contributed by atoms with van der Waals surface area (Å²) in [5.41, 5.74) is 11.0. The molecule has 1 aromatic carbocycles. The van der Waals surface area contributed by atoms with Crippen molar-refractivity contribution in [3.8, 4) is 0 Å². The molecule has 9 nitrogen and oxygen atoms in total. The van der Waals surface area contributed by atoms with Crippen molar-refractivity contribution < 1.29 is 19.5 Å². The number of nitrogens with two attached hydrogens (primary N) is 2. The monoisotopic (exact) mass is 445 g/mol. The number of hydrogen-bond donors (Lipinski definition) is 4. The molecule has 1 aromatic rings. The second kappa shape index (κ2) is 12.1. The second-order valence-corrected chi connectivity index (χ2v) is 8.46. The Balaban J connectivity index is 1.95. The van der Waals surface area contributed by atoms with E-state index in [-0.39, 0.29) is 43.2 Å². The Morgan fingerprint density at radius 3 is 2.62 bits per heavy atom. The third-order valence-corrected chi connectivity index (χ3v) is 5.83. The number of aliphatic imine (C=N–C) groups is 1. The zero-order chi connectivity index (χ0) is 23.6. The number of carboxylic acid groups (broad SMARTS) is 1. The van der Waals surface area contributed by atoms with Gasteiger partial charge in [-0.1, -0.05) is 43.7 Å². The Bertz CT molecular complexity index is 810. The summed E-state index contributed by atoms with van der Waals surface area (Å²) < 4.78 is 0. The van der Waals surface area contributed by atoms with Crippen LogP contribution >= 0.6 is 0 Å². The molecule has 0 saturated carbocycles. The van der Waals surface area contributed by atoms with Gasteiger partial charge in [-0.15, -0.1) is 0 Å². The molecule has 1 unspecified atom stereocenters. The summed E-state index contributed by atoms with van der Waals surface area (Å²) in [5, 5.41) is 12.2. The largest absolute Gasteiger partial charge is 0.481 e. The van der Waals surface area contributed by atoms with E-state index in [0.29, 0.717) is 25.9 Å². The van der Waals surface area contributed by atoms with Crippen molar-refractivity contribution >= 4 is 23.7 Å². The van der Waals surface area contributed by atoms with Gasteiger partial charge in [0.25, 0.3) is 0 Å². The van der Waals surface area contributed by atoms with Crippen LogP contribution in [0.15, 0.2) is 35.3 Å². The van der Waals surface area contributed by atoms with Gasteiger partial charge >= 0.3 is 5.97 Å². The topological polar surface area (TPSA) is 151 Å². The molecule has 0 radical (unpaired) electrons. The van der Waals surface area contributed by atoms with Crippen molar-refractivity contribution in [1.29, 1.82) is 0 Å². The van der Waals surface area contributed by atoms with Crippen LogP contribution in [-0.2, 0) is 20.8 Å². The van der Waals surface area contributed by atoms with Crippen LogP contribution in [0, 0.1) is 5.41 Å². The Labute approximate surface area is 189 Å². The molecule has 1 fully saturated rings. The van der Waals surface area contributed by atoms with Crippen LogP contribution in [0.4, 0.5) is 0 Å². The van der Waals surface area contributed by atoms with Crippen LogP contribution in [-0.4, -0.2) is 59.4 Å². The second-order valence-electron chi connectivity index (χ2n) is 8.46. The van der Waals surface area contributed by atoms with Gasteiger partial charge in [-0.3, -0.25) is 14.4 Å². The number of aliphatic carboxylic acids is 1. The Hall–Kier alpha value is -3.10. The molecule has 0 aromatic heterocycles. The van der Waals surface area contributed by atoms with Gasteiger partial charge in [0.2, 0.25) is 11.8 Å². The lowest BCUT2D eigenvalue weighted by Crippen LogP contribution is -2.45. The van der Waals surface area contributed by atoms with Crippen LogP contribution in [0.5, 0.6) is 0 Å². The molecule has 1 aliphatic heterocycles. The van der Waals surface area contributed by atoms with Gasteiger partial charge in [0.1, 0.15) is 0 Å². The molecule has 2 rings (SSSR count). The molecule has 1 saturated heterocycles. The summed E-state index contributed by atoms with van der Waals surface area (Å²) in [6.07, 6.45) is 3.28. The number of carboxylic acids is 1. The fourth-order valence-corrected chi connectivity index (χ4v) is 4.22. The highest BCUT2D eigenvalue weighted by Gasteiger charge is 2.48. The first kappa shape index (κ1) is 25.2. The summed E-state index contributed by atoms with van der Waals surface area (Å²) in [5.74, 6) is -1.63. The van der Waals surface area contributed by atoms with E-state index in [1.165, 1.54) is 5.56 Å². The summed E-state index contributed by atoms with van der Waals surface area (Å²) in [6, 6.07) is 9.68.